The predicted octanol–water partition coefficient (Wildman–Crippen LogP) is 2.28. The van der Waals surface area contributed by atoms with E-state index in [9.17, 15) is 4.79 Å². The van der Waals surface area contributed by atoms with Crippen molar-refractivity contribution < 1.29 is 9.53 Å². The van der Waals surface area contributed by atoms with Gasteiger partial charge in [0.05, 0.1) is 13.2 Å². The topological polar surface area (TPSA) is 29.5 Å². The summed E-state index contributed by atoms with van der Waals surface area (Å²) in [4.78, 5) is 11.6. The minimum Gasteiger partial charge on any atom is -0.465 e. The molecule has 1 rings (SSSR count). The number of hydrogen-bond acceptors (Lipinski definition) is 3. The highest BCUT2D eigenvalue weighted by molar-refractivity contribution is 6.95. The lowest BCUT2D eigenvalue weighted by molar-refractivity contribution is -0.142. The zero-order valence-electron chi connectivity index (χ0n) is 10.6. The van der Waals surface area contributed by atoms with Crippen molar-refractivity contribution in [3.8, 4) is 0 Å². The second-order valence-electron chi connectivity index (χ2n) is 5.52. The molecule has 0 N–H and O–H groups in total. The lowest BCUT2D eigenvalue weighted by Gasteiger charge is -2.37. The second kappa shape index (κ2) is 4.39. The Labute approximate surface area is 95.0 Å². The molecule has 0 spiro atoms. The molecule has 88 valence electrons. The molecule has 0 amide bonds. The van der Waals surface area contributed by atoms with E-state index in [-0.39, 0.29) is 5.97 Å². The Morgan fingerprint density at radius 1 is 1.20 bits per heavy atom. The van der Waals surface area contributed by atoms with E-state index in [0.29, 0.717) is 13.2 Å². The van der Waals surface area contributed by atoms with E-state index >= 15 is 0 Å². The quantitative estimate of drug-likeness (QED) is 0.564. The van der Waals surface area contributed by atoms with Gasteiger partial charge in [0.15, 0.2) is 0 Å². The lowest BCUT2D eigenvalue weighted by Crippen LogP contribution is -2.56. The number of ether oxygens (including phenoxy) is 1. The predicted molar refractivity (Wildman–Crippen MR) is 67.9 cm³/mol. The first kappa shape index (κ1) is 12.9. The van der Waals surface area contributed by atoms with Crippen molar-refractivity contribution in [2.24, 2.45) is 0 Å². The van der Waals surface area contributed by atoms with Gasteiger partial charge >= 0.3 is 5.97 Å². The third-order valence-corrected chi connectivity index (χ3v) is 13.7. The molecular weight excluding hydrogens is 222 g/mol. The number of hydrogen-bond donors (Lipinski definition) is 0. The van der Waals surface area contributed by atoms with E-state index < -0.39 is 16.5 Å². The van der Waals surface area contributed by atoms with Gasteiger partial charge in [-0.1, -0.05) is 26.2 Å². The monoisotopic (exact) mass is 245 g/mol. The standard InChI is InChI=1S/C10H23NO2Si2/c1-6-13-10(12)9-11-14(2,3)7-8-15(11,4)5/h6-9H2,1-5H3. The molecule has 15 heavy (non-hydrogen) atoms. The van der Waals surface area contributed by atoms with Crippen LogP contribution in [0.1, 0.15) is 6.92 Å². The molecule has 1 aliphatic heterocycles. The van der Waals surface area contributed by atoms with Crippen LogP contribution in [0.2, 0.25) is 38.3 Å². The summed E-state index contributed by atoms with van der Waals surface area (Å²) in [5.41, 5.74) is 0. The summed E-state index contributed by atoms with van der Waals surface area (Å²) in [6, 6.07) is 2.68. The lowest BCUT2D eigenvalue weighted by atomic mass is 10.7. The Morgan fingerprint density at radius 3 is 2.07 bits per heavy atom. The molecule has 1 heterocycles. The van der Waals surface area contributed by atoms with Crippen molar-refractivity contribution in [2.75, 3.05) is 13.2 Å². The third kappa shape index (κ3) is 2.92. The van der Waals surface area contributed by atoms with Gasteiger partial charge in [0, 0.05) is 0 Å². The van der Waals surface area contributed by atoms with Crippen molar-refractivity contribution in [1.82, 2.24) is 4.23 Å². The van der Waals surface area contributed by atoms with Gasteiger partial charge in [-0.15, -0.1) is 0 Å². The van der Waals surface area contributed by atoms with Gasteiger partial charge in [-0.25, -0.2) is 0 Å². The van der Waals surface area contributed by atoms with Gasteiger partial charge in [-0.3, -0.25) is 4.79 Å². The minimum atomic E-state index is -1.30. The van der Waals surface area contributed by atoms with Crippen LogP contribution in [0.15, 0.2) is 0 Å². The zero-order valence-corrected chi connectivity index (χ0v) is 12.6. The smallest absolute Gasteiger partial charge is 0.318 e. The zero-order chi connectivity index (χ0) is 11.7. The van der Waals surface area contributed by atoms with Gasteiger partial charge in [-0.2, -0.15) is 0 Å². The van der Waals surface area contributed by atoms with Crippen LogP contribution in [0.4, 0.5) is 0 Å². The Balaban J connectivity index is 2.69. The Bertz CT molecular complexity index is 238. The fourth-order valence-electron chi connectivity index (χ4n) is 2.46. The van der Waals surface area contributed by atoms with Crippen molar-refractivity contribution >= 4 is 22.4 Å². The van der Waals surface area contributed by atoms with E-state index in [4.69, 9.17) is 4.74 Å². The molecule has 0 aromatic heterocycles. The number of carbonyl (C=O) groups is 1. The molecule has 0 radical (unpaired) electrons. The summed E-state index contributed by atoms with van der Waals surface area (Å²) in [5.74, 6) is -0.0412. The largest absolute Gasteiger partial charge is 0.465 e. The first-order valence-electron chi connectivity index (χ1n) is 5.73. The first-order valence-corrected chi connectivity index (χ1v) is 12.0. The normalized spacial score (nSPS) is 24.1. The van der Waals surface area contributed by atoms with Gasteiger partial charge in [0.1, 0.15) is 16.5 Å². The highest BCUT2D eigenvalue weighted by Gasteiger charge is 2.47. The van der Waals surface area contributed by atoms with Crippen molar-refractivity contribution in [2.45, 2.75) is 45.2 Å². The summed E-state index contributed by atoms with van der Waals surface area (Å²) in [6.07, 6.45) is 0. The Morgan fingerprint density at radius 2 is 1.67 bits per heavy atom. The molecular formula is C10H23NO2Si2. The van der Waals surface area contributed by atoms with E-state index in [1.807, 2.05) is 6.92 Å². The molecule has 3 nitrogen and oxygen atoms in total. The molecule has 0 unspecified atom stereocenters. The summed E-state index contributed by atoms with van der Waals surface area (Å²) >= 11 is 0. The Hall–Kier alpha value is -0.136. The van der Waals surface area contributed by atoms with Crippen LogP contribution in [-0.4, -0.2) is 39.8 Å². The fraction of sp³-hybridized carbons (Fsp3) is 0.900. The van der Waals surface area contributed by atoms with Crippen LogP contribution in [0.5, 0.6) is 0 Å². The number of carbonyl (C=O) groups excluding carboxylic acids is 1. The first-order chi connectivity index (χ1) is 6.79. The van der Waals surface area contributed by atoms with Crippen LogP contribution < -0.4 is 0 Å². The minimum absolute atomic E-state index is 0.0412. The van der Waals surface area contributed by atoms with Gasteiger partial charge in [-0.05, 0) is 19.0 Å². The molecule has 0 aromatic carbocycles. The van der Waals surface area contributed by atoms with Crippen LogP contribution in [-0.2, 0) is 9.53 Å². The van der Waals surface area contributed by atoms with E-state index in [1.165, 1.54) is 12.1 Å². The molecule has 5 heteroatoms. The molecule has 0 aromatic rings. The van der Waals surface area contributed by atoms with E-state index in [1.54, 1.807) is 0 Å². The average Bonchev–Trinajstić information content (AvgIpc) is 2.29. The van der Waals surface area contributed by atoms with Gasteiger partial charge in [0.2, 0.25) is 0 Å². The summed E-state index contributed by atoms with van der Waals surface area (Å²) in [7, 11) is -2.61. The van der Waals surface area contributed by atoms with E-state index in [2.05, 4.69) is 30.4 Å². The van der Waals surface area contributed by atoms with Gasteiger partial charge in [0.25, 0.3) is 0 Å². The maximum Gasteiger partial charge on any atom is 0.318 e. The molecule has 0 atom stereocenters. The SMILES string of the molecule is CCOC(=O)CN1[Si](C)(C)CC[Si]1(C)C. The molecule has 0 aliphatic carbocycles. The van der Waals surface area contributed by atoms with Crippen molar-refractivity contribution in [1.29, 1.82) is 0 Å². The number of nitrogens with zero attached hydrogens (tertiary/aromatic N) is 1. The van der Waals surface area contributed by atoms with E-state index in [0.717, 1.165) is 0 Å². The molecule has 1 fully saturated rings. The summed E-state index contributed by atoms with van der Waals surface area (Å²) < 4.78 is 7.59. The molecule has 0 saturated carbocycles. The summed E-state index contributed by atoms with van der Waals surface area (Å²) in [6.45, 7) is 12.4. The summed E-state index contributed by atoms with van der Waals surface area (Å²) in [5, 5.41) is 0. The van der Waals surface area contributed by atoms with Crippen LogP contribution in [0, 0.1) is 0 Å². The highest BCUT2D eigenvalue weighted by Crippen LogP contribution is 2.36. The fourth-order valence-corrected chi connectivity index (χ4v) is 16.2. The maximum atomic E-state index is 11.6. The third-order valence-electron chi connectivity index (χ3n) is 3.40. The van der Waals surface area contributed by atoms with Crippen LogP contribution in [0.25, 0.3) is 0 Å². The molecule has 0 bridgehead atoms. The van der Waals surface area contributed by atoms with Gasteiger partial charge < -0.3 is 8.97 Å². The molecule has 1 aliphatic rings. The van der Waals surface area contributed by atoms with Crippen LogP contribution >= 0.6 is 0 Å². The van der Waals surface area contributed by atoms with Crippen molar-refractivity contribution in [3.63, 3.8) is 0 Å². The van der Waals surface area contributed by atoms with Crippen LogP contribution in [0.3, 0.4) is 0 Å². The second-order valence-corrected chi connectivity index (χ2v) is 15.3. The Kier molecular flexibility index (Phi) is 3.78. The number of esters is 1. The average molecular weight is 245 g/mol. The number of rotatable bonds is 3. The molecule has 1 saturated heterocycles. The highest BCUT2D eigenvalue weighted by atomic mass is 28.4. The maximum absolute atomic E-state index is 11.6. The van der Waals surface area contributed by atoms with Crippen molar-refractivity contribution in [3.05, 3.63) is 0 Å².